The minimum atomic E-state index is 0. The van der Waals surface area contributed by atoms with Crippen LogP contribution in [0.3, 0.4) is 0 Å². The van der Waals surface area contributed by atoms with Crippen LogP contribution in [0.1, 0.15) is 73.6 Å². The van der Waals surface area contributed by atoms with E-state index in [-0.39, 0.29) is 37.7 Å². The molecule has 0 bridgehead atoms. The van der Waals surface area contributed by atoms with Crippen LogP contribution in [0.25, 0.3) is 10.6 Å². The summed E-state index contributed by atoms with van der Waals surface area (Å²) in [6, 6.07) is 2.25. The molecule has 0 aromatic carbocycles. The molecular weight excluding hydrogens is 222 g/mol. The molecule has 2 nitrogen and oxygen atoms in total. The Labute approximate surface area is 146 Å². The van der Waals surface area contributed by atoms with E-state index in [2.05, 4.69) is 52.2 Å². The molecule has 0 radical (unpaired) electrons. The summed E-state index contributed by atoms with van der Waals surface area (Å²) in [6.07, 6.45) is 6.93. The summed E-state index contributed by atoms with van der Waals surface area (Å²) >= 11 is 0. The average molecular weight is 254 g/mol. The van der Waals surface area contributed by atoms with Gasteiger partial charge in [0.1, 0.15) is 0 Å². The Kier molecular flexibility index (Phi) is 20.5. The molecule has 0 atom stereocenters. The summed E-state index contributed by atoms with van der Waals surface area (Å²) in [4.78, 5) is 0. The smallest absolute Gasteiger partial charge is 0.658 e. The molecule has 0 aliphatic heterocycles. The number of hydrogen-bond donors (Lipinski definition) is 0. The second-order valence-corrected chi connectivity index (χ2v) is 5.87. The third-order valence-corrected chi connectivity index (χ3v) is 2.68. The van der Waals surface area contributed by atoms with Crippen molar-refractivity contribution in [2.24, 2.45) is 0 Å². The summed E-state index contributed by atoms with van der Waals surface area (Å²) in [5.41, 5.74) is 0. The van der Waals surface area contributed by atoms with Crippen molar-refractivity contribution in [3.63, 3.8) is 0 Å². The van der Waals surface area contributed by atoms with Crippen molar-refractivity contribution in [3.8, 4) is 0 Å². The second-order valence-electron chi connectivity index (χ2n) is 5.87. The van der Waals surface area contributed by atoms with E-state index >= 15 is 0 Å². The van der Waals surface area contributed by atoms with Crippen molar-refractivity contribution in [2.75, 3.05) is 0 Å². The first-order chi connectivity index (χ1) is 7.91. The van der Waals surface area contributed by atoms with Gasteiger partial charge in [-0.15, -0.1) is 24.2 Å². The quantitative estimate of drug-likeness (QED) is 0.593. The molecular formula is C15H32Li2N2. The molecule has 1 aliphatic rings. The maximum atomic E-state index is 4.64. The molecule has 0 spiro atoms. The minimum Gasteiger partial charge on any atom is -0.658 e. The topological polar surface area (TPSA) is 28.2 Å². The van der Waals surface area contributed by atoms with E-state index in [0.29, 0.717) is 24.2 Å². The minimum absolute atomic E-state index is 0. The zero-order valence-electron chi connectivity index (χ0n) is 14.7. The van der Waals surface area contributed by atoms with Crippen molar-refractivity contribution in [1.82, 2.24) is 0 Å². The number of rotatable bonds is 4. The third-order valence-electron chi connectivity index (χ3n) is 2.68. The van der Waals surface area contributed by atoms with E-state index in [1.165, 1.54) is 32.1 Å². The Bertz CT molecular complexity index is 162. The van der Waals surface area contributed by atoms with E-state index in [9.17, 15) is 0 Å². The Balaban J connectivity index is -0.000000258. The van der Waals surface area contributed by atoms with Gasteiger partial charge in [0.25, 0.3) is 0 Å². The number of nitrogens with zero attached hydrogens (tertiary/aromatic N) is 2. The van der Waals surface area contributed by atoms with Crippen molar-refractivity contribution in [1.29, 1.82) is 0 Å². The Hall–Kier alpha value is 1.11. The summed E-state index contributed by atoms with van der Waals surface area (Å²) in [7, 11) is 0. The number of hydrogen-bond acceptors (Lipinski definition) is 0. The fourth-order valence-corrected chi connectivity index (χ4v) is 2.25. The third kappa shape index (κ3) is 19.1. The summed E-state index contributed by atoms with van der Waals surface area (Å²) in [6.45, 7) is 12.7. The summed E-state index contributed by atoms with van der Waals surface area (Å²) in [5.74, 6) is 0. The fourth-order valence-electron chi connectivity index (χ4n) is 2.25. The average Bonchev–Trinajstić information content (AvgIpc) is 2.16. The van der Waals surface area contributed by atoms with E-state index < -0.39 is 0 Å². The van der Waals surface area contributed by atoms with Gasteiger partial charge < -0.3 is 10.6 Å². The molecule has 0 amide bonds. The normalized spacial score (nSPS) is 15.6. The first-order valence-corrected chi connectivity index (χ1v) is 7.31. The van der Waals surface area contributed by atoms with Crippen LogP contribution in [0.15, 0.2) is 0 Å². The molecule has 19 heavy (non-hydrogen) atoms. The van der Waals surface area contributed by atoms with E-state index in [0.717, 1.165) is 0 Å². The summed E-state index contributed by atoms with van der Waals surface area (Å²) in [5, 5.41) is 8.91. The molecule has 4 heteroatoms. The van der Waals surface area contributed by atoms with Crippen LogP contribution in [0.4, 0.5) is 0 Å². The molecule has 0 saturated heterocycles. The molecule has 104 valence electrons. The van der Waals surface area contributed by atoms with Gasteiger partial charge in [-0.2, -0.15) is 0 Å². The molecule has 0 unspecified atom stereocenters. The molecule has 1 aliphatic carbocycles. The van der Waals surface area contributed by atoms with Gasteiger partial charge in [-0.05, 0) is 0 Å². The van der Waals surface area contributed by atoms with Gasteiger partial charge in [0, 0.05) is 0 Å². The fraction of sp³-hybridized carbons (Fsp3) is 1.00. The van der Waals surface area contributed by atoms with Gasteiger partial charge in [-0.3, -0.25) is 0 Å². The van der Waals surface area contributed by atoms with Crippen LogP contribution in [0.2, 0.25) is 0 Å². The van der Waals surface area contributed by atoms with Crippen LogP contribution in [-0.2, 0) is 0 Å². The zero-order valence-corrected chi connectivity index (χ0v) is 14.7. The van der Waals surface area contributed by atoms with Gasteiger partial charge in [-0.1, -0.05) is 73.6 Å². The van der Waals surface area contributed by atoms with Crippen LogP contribution >= 0.6 is 0 Å². The van der Waals surface area contributed by atoms with E-state index in [1.54, 1.807) is 0 Å². The Morgan fingerprint density at radius 2 is 1.11 bits per heavy atom. The maximum absolute atomic E-state index is 4.64. The predicted molar refractivity (Wildman–Crippen MR) is 79.0 cm³/mol. The molecule has 0 aromatic rings. The maximum Gasteiger partial charge on any atom is 1.00 e. The molecule has 1 fully saturated rings. The summed E-state index contributed by atoms with van der Waals surface area (Å²) < 4.78 is 0. The first-order valence-electron chi connectivity index (χ1n) is 7.31. The SMILES string of the molecule is CC(C)[N-]C(C)C.CC(C)[N-]C1CCCCC1.[Li+].[Li+]. The van der Waals surface area contributed by atoms with Crippen LogP contribution < -0.4 is 37.7 Å². The predicted octanol–water partition coefficient (Wildman–Crippen LogP) is -0.714. The van der Waals surface area contributed by atoms with Crippen molar-refractivity contribution in [3.05, 3.63) is 10.6 Å². The van der Waals surface area contributed by atoms with Gasteiger partial charge in [-0.25, -0.2) is 0 Å². The van der Waals surface area contributed by atoms with E-state index in [4.69, 9.17) is 0 Å². The van der Waals surface area contributed by atoms with Gasteiger partial charge in [0.15, 0.2) is 0 Å². The standard InChI is InChI=1S/C9H18N.C6H14N.2Li/c1-8(2)10-9-6-4-3-5-7-9;1-5(2)7-6(3)4;;/h8-9H,3-7H2,1-2H3;5-6H,1-4H3;;/q2*-1;2*+1. The molecule has 0 N–H and O–H groups in total. The van der Waals surface area contributed by atoms with Crippen LogP contribution in [0, 0.1) is 0 Å². The van der Waals surface area contributed by atoms with Crippen molar-refractivity contribution < 1.29 is 37.7 Å². The molecule has 0 aromatic heterocycles. The Morgan fingerprint density at radius 1 is 0.684 bits per heavy atom. The van der Waals surface area contributed by atoms with Gasteiger partial charge >= 0.3 is 37.7 Å². The molecule has 1 saturated carbocycles. The monoisotopic (exact) mass is 254 g/mol. The van der Waals surface area contributed by atoms with Crippen molar-refractivity contribution >= 4 is 0 Å². The van der Waals surface area contributed by atoms with Crippen LogP contribution in [-0.4, -0.2) is 24.2 Å². The second kappa shape index (κ2) is 15.5. The molecule has 0 heterocycles. The largest absolute Gasteiger partial charge is 1.00 e. The van der Waals surface area contributed by atoms with Crippen LogP contribution in [0.5, 0.6) is 0 Å². The first kappa shape index (κ1) is 25.1. The van der Waals surface area contributed by atoms with Gasteiger partial charge in [0.2, 0.25) is 0 Å². The van der Waals surface area contributed by atoms with Crippen molar-refractivity contribution in [2.45, 2.75) is 97.8 Å². The van der Waals surface area contributed by atoms with E-state index in [1.807, 2.05) is 0 Å². The zero-order chi connectivity index (χ0) is 13.3. The van der Waals surface area contributed by atoms with Gasteiger partial charge in [0.05, 0.1) is 0 Å². The molecule has 1 rings (SSSR count). The Morgan fingerprint density at radius 3 is 1.37 bits per heavy atom.